The largest absolute Gasteiger partial charge is 0.497 e. The summed E-state index contributed by atoms with van der Waals surface area (Å²) in [4.78, 5) is 9.90. The number of ether oxygens (including phenoxy) is 3. The Hall–Kier alpha value is -2.03. The van der Waals surface area contributed by atoms with Crippen LogP contribution in [0, 0.1) is 0 Å². The average molecular weight is 446 g/mol. The van der Waals surface area contributed by atoms with Gasteiger partial charge in [-0.15, -0.1) is 0 Å². The van der Waals surface area contributed by atoms with Crippen molar-refractivity contribution < 1.29 is 14.2 Å². The minimum Gasteiger partial charge on any atom is -0.497 e. The Morgan fingerprint density at radius 1 is 1.12 bits per heavy atom. The number of hydrogen-bond acceptors (Lipinski definition) is 6. The van der Waals surface area contributed by atoms with E-state index in [1.807, 2.05) is 6.07 Å². The molecule has 0 radical (unpaired) electrons. The van der Waals surface area contributed by atoms with Gasteiger partial charge in [0, 0.05) is 50.9 Å². The molecular formula is C24H39N5O3. The Kier molecular flexibility index (Phi) is 8.10. The molecule has 3 unspecified atom stereocenters. The number of likely N-dealkylation sites (tertiary alicyclic amines) is 1. The second-order valence-electron chi connectivity index (χ2n) is 9.05. The number of nitrogens with zero attached hydrogens (tertiary/aromatic N) is 3. The van der Waals surface area contributed by atoms with Crippen LogP contribution in [0.2, 0.25) is 0 Å². The topological polar surface area (TPSA) is 70.6 Å². The lowest BCUT2D eigenvalue weighted by atomic mass is 10.2. The lowest BCUT2D eigenvalue weighted by molar-refractivity contribution is -0.0432. The minimum atomic E-state index is 0.197. The maximum atomic E-state index is 6.08. The molecule has 2 N–H and O–H groups in total. The van der Waals surface area contributed by atoms with Crippen molar-refractivity contribution in [3.05, 3.63) is 23.8 Å². The van der Waals surface area contributed by atoms with E-state index in [2.05, 4.69) is 39.5 Å². The van der Waals surface area contributed by atoms with Gasteiger partial charge < -0.3 is 24.8 Å². The molecule has 0 spiro atoms. The number of benzene rings is 1. The van der Waals surface area contributed by atoms with Gasteiger partial charge in [0.1, 0.15) is 11.5 Å². The molecule has 3 aliphatic heterocycles. The van der Waals surface area contributed by atoms with E-state index < -0.39 is 0 Å². The molecule has 0 amide bonds. The van der Waals surface area contributed by atoms with Crippen molar-refractivity contribution in [2.75, 3.05) is 60.1 Å². The molecule has 0 bridgehead atoms. The molecule has 1 aromatic rings. The van der Waals surface area contributed by atoms with Crippen LogP contribution in [0.25, 0.3) is 0 Å². The normalized spacial score (nSPS) is 26.7. The van der Waals surface area contributed by atoms with Gasteiger partial charge in [-0.25, -0.2) is 0 Å². The first-order chi connectivity index (χ1) is 15.7. The van der Waals surface area contributed by atoms with Crippen LogP contribution >= 0.6 is 0 Å². The van der Waals surface area contributed by atoms with Gasteiger partial charge in [-0.05, 0) is 50.4 Å². The number of aliphatic imine (C=N–C) groups is 1. The standard InChI is InChI=1S/C24H39N5O3/c1-4-25-24(26-13-23-16-29-8-5-6-20(29)17-32-23)27-19-7-9-28(15-19)14-18-10-21(30-2)12-22(11-18)31-3/h10-12,19-20,23H,4-9,13-17H2,1-3H3,(H2,25,26,27). The van der Waals surface area contributed by atoms with E-state index >= 15 is 0 Å². The molecule has 0 saturated carbocycles. The van der Waals surface area contributed by atoms with Crippen molar-refractivity contribution in [3.63, 3.8) is 0 Å². The zero-order valence-electron chi connectivity index (χ0n) is 19.8. The van der Waals surface area contributed by atoms with Crippen LogP contribution in [-0.4, -0.2) is 94.0 Å². The summed E-state index contributed by atoms with van der Waals surface area (Å²) in [6.07, 6.45) is 3.87. The Balaban J connectivity index is 1.28. The first-order valence-electron chi connectivity index (χ1n) is 12.0. The zero-order chi connectivity index (χ0) is 22.3. The SMILES string of the molecule is CCNC(=NCC1CN2CCCC2CO1)NC1CCN(Cc2cc(OC)cc(OC)c2)C1. The van der Waals surface area contributed by atoms with Crippen molar-refractivity contribution in [1.29, 1.82) is 0 Å². The van der Waals surface area contributed by atoms with Crippen LogP contribution < -0.4 is 20.1 Å². The van der Waals surface area contributed by atoms with Crippen LogP contribution in [0.15, 0.2) is 23.2 Å². The van der Waals surface area contributed by atoms with Crippen molar-refractivity contribution in [1.82, 2.24) is 20.4 Å². The quantitative estimate of drug-likeness (QED) is 0.466. The number of morpholine rings is 1. The molecule has 0 aromatic heterocycles. The number of hydrogen-bond donors (Lipinski definition) is 2. The molecule has 1 aromatic carbocycles. The van der Waals surface area contributed by atoms with E-state index in [9.17, 15) is 0 Å². The van der Waals surface area contributed by atoms with E-state index in [1.165, 1.54) is 24.9 Å². The van der Waals surface area contributed by atoms with Crippen LogP contribution in [0.4, 0.5) is 0 Å². The summed E-state index contributed by atoms with van der Waals surface area (Å²) in [5.41, 5.74) is 1.21. The third-order valence-electron chi connectivity index (χ3n) is 6.69. The summed E-state index contributed by atoms with van der Waals surface area (Å²) in [6.45, 7) is 9.67. The molecule has 8 heteroatoms. The van der Waals surface area contributed by atoms with Gasteiger partial charge in [-0.3, -0.25) is 14.8 Å². The van der Waals surface area contributed by atoms with Crippen molar-refractivity contribution in [2.45, 2.75) is 50.9 Å². The maximum Gasteiger partial charge on any atom is 0.191 e. The Morgan fingerprint density at radius 2 is 1.94 bits per heavy atom. The summed E-state index contributed by atoms with van der Waals surface area (Å²) in [6, 6.07) is 7.11. The zero-order valence-corrected chi connectivity index (χ0v) is 19.8. The summed E-state index contributed by atoms with van der Waals surface area (Å²) < 4.78 is 16.9. The Labute approximate surface area is 192 Å². The summed E-state index contributed by atoms with van der Waals surface area (Å²) in [5.74, 6) is 2.56. The predicted octanol–water partition coefficient (Wildman–Crippen LogP) is 1.70. The van der Waals surface area contributed by atoms with E-state index in [-0.39, 0.29) is 6.10 Å². The third-order valence-corrected chi connectivity index (χ3v) is 6.69. The fourth-order valence-electron chi connectivity index (χ4n) is 5.01. The Morgan fingerprint density at radius 3 is 2.69 bits per heavy atom. The monoisotopic (exact) mass is 445 g/mol. The fraction of sp³-hybridized carbons (Fsp3) is 0.708. The van der Waals surface area contributed by atoms with Gasteiger partial charge in [0.25, 0.3) is 0 Å². The number of guanidine groups is 1. The second-order valence-corrected chi connectivity index (χ2v) is 9.05. The van der Waals surface area contributed by atoms with Gasteiger partial charge in [0.05, 0.1) is 33.5 Å². The van der Waals surface area contributed by atoms with Crippen molar-refractivity contribution >= 4 is 5.96 Å². The fourth-order valence-corrected chi connectivity index (χ4v) is 5.01. The lowest BCUT2D eigenvalue weighted by Crippen LogP contribution is -2.48. The Bertz CT molecular complexity index is 752. The molecule has 178 valence electrons. The van der Waals surface area contributed by atoms with Crippen molar-refractivity contribution in [3.8, 4) is 11.5 Å². The van der Waals surface area contributed by atoms with Gasteiger partial charge >= 0.3 is 0 Å². The van der Waals surface area contributed by atoms with Crippen LogP contribution in [-0.2, 0) is 11.3 Å². The van der Waals surface area contributed by atoms with Crippen LogP contribution in [0.3, 0.4) is 0 Å². The molecule has 32 heavy (non-hydrogen) atoms. The average Bonchev–Trinajstić information content (AvgIpc) is 3.46. The first kappa shape index (κ1) is 23.1. The molecular weight excluding hydrogens is 406 g/mol. The first-order valence-corrected chi connectivity index (χ1v) is 12.0. The van der Waals surface area contributed by atoms with E-state index in [0.29, 0.717) is 18.6 Å². The lowest BCUT2D eigenvalue weighted by Gasteiger charge is -2.34. The number of methoxy groups -OCH3 is 2. The molecule has 3 heterocycles. The number of fused-ring (bicyclic) bond motifs is 1. The molecule has 3 aliphatic rings. The second kappa shape index (κ2) is 11.2. The highest BCUT2D eigenvalue weighted by Crippen LogP contribution is 2.25. The highest BCUT2D eigenvalue weighted by Gasteiger charge is 2.32. The smallest absolute Gasteiger partial charge is 0.191 e. The predicted molar refractivity (Wildman–Crippen MR) is 127 cm³/mol. The van der Waals surface area contributed by atoms with Gasteiger partial charge in [0.2, 0.25) is 0 Å². The van der Waals surface area contributed by atoms with E-state index in [0.717, 1.165) is 63.2 Å². The summed E-state index contributed by atoms with van der Waals surface area (Å²) in [7, 11) is 3.38. The van der Waals surface area contributed by atoms with Gasteiger partial charge in [-0.1, -0.05) is 0 Å². The third kappa shape index (κ3) is 6.05. The highest BCUT2D eigenvalue weighted by molar-refractivity contribution is 5.80. The molecule has 3 atom stereocenters. The van der Waals surface area contributed by atoms with Crippen molar-refractivity contribution in [2.24, 2.45) is 4.99 Å². The van der Waals surface area contributed by atoms with E-state index in [4.69, 9.17) is 19.2 Å². The molecule has 3 fully saturated rings. The highest BCUT2D eigenvalue weighted by atomic mass is 16.5. The maximum absolute atomic E-state index is 6.08. The molecule has 8 nitrogen and oxygen atoms in total. The molecule has 0 aliphatic carbocycles. The van der Waals surface area contributed by atoms with Gasteiger partial charge in [-0.2, -0.15) is 0 Å². The number of nitrogens with one attached hydrogen (secondary N) is 2. The summed E-state index contributed by atoms with van der Waals surface area (Å²) in [5, 5.41) is 7.05. The van der Waals surface area contributed by atoms with Crippen LogP contribution in [0.5, 0.6) is 11.5 Å². The molecule has 3 saturated heterocycles. The number of rotatable bonds is 8. The molecule has 4 rings (SSSR count). The van der Waals surface area contributed by atoms with Gasteiger partial charge in [0.15, 0.2) is 5.96 Å². The summed E-state index contributed by atoms with van der Waals surface area (Å²) >= 11 is 0. The van der Waals surface area contributed by atoms with Crippen LogP contribution in [0.1, 0.15) is 31.7 Å². The van der Waals surface area contributed by atoms with E-state index in [1.54, 1.807) is 14.2 Å². The minimum absolute atomic E-state index is 0.197.